The van der Waals surface area contributed by atoms with Crippen LogP contribution in [-0.2, 0) is 19.6 Å². The maximum Gasteiger partial charge on any atom is 0.147 e. The Morgan fingerprint density at radius 2 is 2.12 bits per heavy atom. The van der Waals surface area contributed by atoms with Crippen LogP contribution < -0.4 is 5.73 Å². The Labute approximate surface area is 157 Å². The number of fused-ring (bicyclic) bond motifs is 1. The second-order valence-corrected chi connectivity index (χ2v) is 7.60. The summed E-state index contributed by atoms with van der Waals surface area (Å²) in [5.74, 6) is 3.44. The van der Waals surface area contributed by atoms with Gasteiger partial charge in [-0.1, -0.05) is 11.6 Å². The van der Waals surface area contributed by atoms with Gasteiger partial charge in [0.2, 0.25) is 0 Å². The molecule has 1 aromatic carbocycles. The molecule has 0 radical (unpaired) electrons. The fourth-order valence-corrected chi connectivity index (χ4v) is 3.82. The molecule has 2 aromatic heterocycles. The van der Waals surface area contributed by atoms with Crippen LogP contribution in [0.25, 0.3) is 11.0 Å². The van der Waals surface area contributed by atoms with E-state index < -0.39 is 0 Å². The van der Waals surface area contributed by atoms with E-state index in [4.69, 9.17) is 17.3 Å². The molecule has 26 heavy (non-hydrogen) atoms. The Kier molecular flexibility index (Phi) is 4.69. The molecule has 1 saturated carbocycles. The molecule has 1 aliphatic carbocycles. The summed E-state index contributed by atoms with van der Waals surface area (Å²) in [6.07, 6.45) is 2.02. The number of rotatable bonds is 6. The van der Waals surface area contributed by atoms with Crippen molar-refractivity contribution < 1.29 is 0 Å². The summed E-state index contributed by atoms with van der Waals surface area (Å²) in [5.41, 5.74) is 7.82. The van der Waals surface area contributed by atoms with Gasteiger partial charge in [-0.15, -0.1) is 10.2 Å². The summed E-state index contributed by atoms with van der Waals surface area (Å²) in [6.45, 7) is 4.43. The monoisotopic (exact) mass is 373 g/mol. The lowest BCUT2D eigenvalue weighted by atomic mass is 9.80. The quantitative estimate of drug-likeness (QED) is 0.693. The van der Waals surface area contributed by atoms with Crippen molar-refractivity contribution in [2.45, 2.75) is 51.4 Å². The first kappa shape index (κ1) is 17.5. The zero-order chi connectivity index (χ0) is 18.3. The Hall–Kier alpha value is -1.96. The van der Waals surface area contributed by atoms with Gasteiger partial charge in [0, 0.05) is 23.5 Å². The standard InChI is InChI=1S/C18H24ClN7/c1-3-26-17(23-24-18(26)11-6-13(20)7-11)10-25(2)9-16-21-14-5-4-12(19)8-15(14)22-16/h4-5,8,11,13H,3,6-7,9-10,20H2,1-2H3,(H,21,22). The van der Waals surface area contributed by atoms with E-state index in [9.17, 15) is 0 Å². The molecule has 0 amide bonds. The minimum absolute atomic E-state index is 0.315. The third-order valence-corrected chi connectivity index (χ3v) is 5.27. The van der Waals surface area contributed by atoms with Gasteiger partial charge in [-0.2, -0.15) is 0 Å². The van der Waals surface area contributed by atoms with E-state index in [1.807, 2.05) is 18.2 Å². The number of H-pyrrole nitrogens is 1. The zero-order valence-corrected chi connectivity index (χ0v) is 15.9. The molecule has 4 rings (SSSR count). The maximum atomic E-state index is 6.04. The fourth-order valence-electron chi connectivity index (χ4n) is 3.65. The molecule has 138 valence electrons. The van der Waals surface area contributed by atoms with Gasteiger partial charge < -0.3 is 15.3 Å². The van der Waals surface area contributed by atoms with E-state index in [1.165, 1.54) is 0 Å². The predicted octanol–water partition coefficient (Wildman–Crippen LogP) is 2.66. The zero-order valence-electron chi connectivity index (χ0n) is 15.1. The lowest BCUT2D eigenvalue weighted by molar-refractivity contribution is 0.294. The van der Waals surface area contributed by atoms with E-state index >= 15 is 0 Å². The third-order valence-electron chi connectivity index (χ3n) is 5.04. The number of aromatic nitrogens is 5. The van der Waals surface area contributed by atoms with Crippen LogP contribution >= 0.6 is 11.6 Å². The van der Waals surface area contributed by atoms with Gasteiger partial charge in [0.05, 0.1) is 24.1 Å². The summed E-state index contributed by atoms with van der Waals surface area (Å²) < 4.78 is 2.23. The van der Waals surface area contributed by atoms with E-state index in [1.54, 1.807) is 0 Å². The van der Waals surface area contributed by atoms with Crippen LogP contribution in [0.1, 0.15) is 43.2 Å². The van der Waals surface area contributed by atoms with Gasteiger partial charge in [-0.25, -0.2) is 4.98 Å². The van der Waals surface area contributed by atoms with Crippen molar-refractivity contribution in [3.8, 4) is 0 Å². The first-order chi connectivity index (χ1) is 12.5. The Bertz CT molecular complexity index is 910. The van der Waals surface area contributed by atoms with Crippen molar-refractivity contribution >= 4 is 22.6 Å². The molecule has 0 aliphatic heterocycles. The number of imidazole rings is 1. The SMILES string of the molecule is CCn1c(CN(C)Cc2nc3ccc(Cl)cc3[nH]2)nnc1C1CC(N)C1. The highest BCUT2D eigenvalue weighted by Gasteiger charge is 2.32. The number of nitrogens with one attached hydrogen (secondary N) is 1. The first-order valence-corrected chi connectivity index (χ1v) is 9.41. The van der Waals surface area contributed by atoms with E-state index in [0.29, 0.717) is 23.5 Å². The summed E-state index contributed by atoms with van der Waals surface area (Å²) in [5, 5.41) is 9.58. The second kappa shape index (κ2) is 6.98. The molecule has 0 saturated heterocycles. The molecule has 3 N–H and O–H groups in total. The molecule has 0 spiro atoms. The molecule has 0 unspecified atom stereocenters. The van der Waals surface area contributed by atoms with Crippen LogP contribution in [0.5, 0.6) is 0 Å². The van der Waals surface area contributed by atoms with Crippen LogP contribution in [0.3, 0.4) is 0 Å². The third kappa shape index (κ3) is 3.34. The lowest BCUT2D eigenvalue weighted by Gasteiger charge is -2.31. The van der Waals surface area contributed by atoms with Crippen molar-refractivity contribution in [2.24, 2.45) is 5.73 Å². The van der Waals surface area contributed by atoms with Crippen LogP contribution in [-0.4, -0.2) is 42.7 Å². The molecule has 7 nitrogen and oxygen atoms in total. The van der Waals surface area contributed by atoms with E-state index in [2.05, 4.69) is 43.6 Å². The van der Waals surface area contributed by atoms with Gasteiger partial charge in [-0.05, 0) is 45.0 Å². The van der Waals surface area contributed by atoms with Gasteiger partial charge in [0.15, 0.2) is 0 Å². The summed E-state index contributed by atoms with van der Waals surface area (Å²) in [6, 6.07) is 6.00. The van der Waals surface area contributed by atoms with Gasteiger partial charge in [0.25, 0.3) is 0 Å². The number of hydrogen-bond donors (Lipinski definition) is 2. The number of halogens is 1. The minimum atomic E-state index is 0.315. The number of nitrogens with zero attached hydrogens (tertiary/aromatic N) is 5. The van der Waals surface area contributed by atoms with Crippen LogP contribution in [0.15, 0.2) is 18.2 Å². The fraction of sp³-hybridized carbons (Fsp3) is 0.500. The molecule has 3 aromatic rings. The molecule has 8 heteroatoms. The van der Waals surface area contributed by atoms with E-state index in [-0.39, 0.29) is 0 Å². The molecule has 1 fully saturated rings. The van der Waals surface area contributed by atoms with Gasteiger partial charge in [0.1, 0.15) is 17.5 Å². The smallest absolute Gasteiger partial charge is 0.147 e. The van der Waals surface area contributed by atoms with Crippen molar-refractivity contribution in [1.29, 1.82) is 0 Å². The second-order valence-electron chi connectivity index (χ2n) is 7.16. The predicted molar refractivity (Wildman–Crippen MR) is 102 cm³/mol. The van der Waals surface area contributed by atoms with E-state index in [0.717, 1.165) is 54.4 Å². The summed E-state index contributed by atoms with van der Waals surface area (Å²) in [7, 11) is 2.06. The van der Waals surface area contributed by atoms with Crippen LogP contribution in [0.2, 0.25) is 5.02 Å². The highest BCUT2D eigenvalue weighted by Crippen LogP contribution is 2.34. The summed E-state index contributed by atoms with van der Waals surface area (Å²) >= 11 is 6.04. The number of benzene rings is 1. The maximum absolute atomic E-state index is 6.04. The molecule has 1 aliphatic rings. The van der Waals surface area contributed by atoms with Crippen molar-refractivity contribution in [3.05, 3.63) is 40.7 Å². The van der Waals surface area contributed by atoms with Crippen molar-refractivity contribution in [2.75, 3.05) is 7.05 Å². The molecule has 0 atom stereocenters. The Morgan fingerprint density at radius 1 is 1.31 bits per heavy atom. The minimum Gasteiger partial charge on any atom is -0.341 e. The average Bonchev–Trinajstić information content (AvgIpc) is 3.14. The molecular formula is C18H24ClN7. The average molecular weight is 374 g/mol. The number of aromatic amines is 1. The summed E-state index contributed by atoms with van der Waals surface area (Å²) in [4.78, 5) is 10.2. The van der Waals surface area contributed by atoms with Crippen molar-refractivity contribution in [1.82, 2.24) is 29.6 Å². The Balaban J connectivity index is 1.46. The normalized spacial score (nSPS) is 20.0. The molecule has 2 heterocycles. The van der Waals surface area contributed by atoms with Crippen LogP contribution in [0.4, 0.5) is 0 Å². The Morgan fingerprint density at radius 3 is 2.85 bits per heavy atom. The van der Waals surface area contributed by atoms with Crippen LogP contribution in [0, 0.1) is 0 Å². The van der Waals surface area contributed by atoms with Gasteiger partial charge >= 0.3 is 0 Å². The lowest BCUT2D eigenvalue weighted by Crippen LogP contribution is -2.36. The van der Waals surface area contributed by atoms with Crippen molar-refractivity contribution in [3.63, 3.8) is 0 Å². The van der Waals surface area contributed by atoms with Gasteiger partial charge in [-0.3, -0.25) is 4.90 Å². The molecule has 0 bridgehead atoms. The molecular weight excluding hydrogens is 350 g/mol. The topological polar surface area (TPSA) is 88.7 Å². The first-order valence-electron chi connectivity index (χ1n) is 9.03. The largest absolute Gasteiger partial charge is 0.341 e. The highest BCUT2D eigenvalue weighted by molar-refractivity contribution is 6.31. The number of nitrogens with two attached hydrogens (primary N) is 1. The highest BCUT2D eigenvalue weighted by atomic mass is 35.5. The number of hydrogen-bond acceptors (Lipinski definition) is 5.